The van der Waals surface area contributed by atoms with Gasteiger partial charge in [0.2, 0.25) is 0 Å². The van der Waals surface area contributed by atoms with Gasteiger partial charge in [0.1, 0.15) is 17.3 Å². The lowest BCUT2D eigenvalue weighted by atomic mass is 9.89. The molecule has 1 aromatic carbocycles. The van der Waals surface area contributed by atoms with Crippen LogP contribution in [0.5, 0.6) is 0 Å². The van der Waals surface area contributed by atoms with Gasteiger partial charge in [-0.3, -0.25) is 14.7 Å². The van der Waals surface area contributed by atoms with E-state index in [1.165, 1.54) is 10.9 Å². The van der Waals surface area contributed by atoms with E-state index < -0.39 is 11.6 Å². The lowest BCUT2D eigenvalue weighted by Crippen LogP contribution is -2.48. The maximum absolute atomic E-state index is 13.4. The first-order valence-electron chi connectivity index (χ1n) is 12.1. The van der Waals surface area contributed by atoms with Crippen LogP contribution in [0.2, 0.25) is 0 Å². The third-order valence-corrected chi connectivity index (χ3v) is 6.75. The van der Waals surface area contributed by atoms with E-state index in [0.717, 1.165) is 42.5 Å². The largest absolute Gasteiger partial charge is 0.444 e. The van der Waals surface area contributed by atoms with E-state index in [1.807, 2.05) is 39.0 Å². The van der Waals surface area contributed by atoms with Gasteiger partial charge in [0, 0.05) is 34.9 Å². The van der Waals surface area contributed by atoms with Gasteiger partial charge in [-0.25, -0.2) is 4.79 Å². The molecule has 3 heterocycles. The number of aromatic amines is 1. The standard InChI is InChI=1S/C27H32N4O3/c1-16-14-20-19-10-5-6-11-21(19)30-23(20)24(31(16)26(33)34-27(2,3)4)17-12-13-22(28-15-17)25(32)29-18-8-7-9-18/h5-6,10-13,15-16,18,24,30H,7-9,14H2,1-4H3,(H,29,32)/t16-,24-/m0/s1. The van der Waals surface area contributed by atoms with Crippen LogP contribution in [-0.4, -0.2) is 44.6 Å². The van der Waals surface area contributed by atoms with Gasteiger partial charge in [-0.2, -0.15) is 0 Å². The number of amides is 2. The van der Waals surface area contributed by atoms with Crippen LogP contribution < -0.4 is 5.32 Å². The molecule has 5 rings (SSSR count). The Labute approximate surface area is 199 Å². The highest BCUT2D eigenvalue weighted by atomic mass is 16.6. The van der Waals surface area contributed by atoms with Gasteiger partial charge >= 0.3 is 6.09 Å². The number of rotatable bonds is 3. The Bertz CT molecular complexity index is 1220. The maximum atomic E-state index is 13.4. The van der Waals surface area contributed by atoms with Gasteiger partial charge in [0.05, 0.1) is 0 Å². The third kappa shape index (κ3) is 4.15. The van der Waals surface area contributed by atoms with Crippen molar-refractivity contribution >= 4 is 22.9 Å². The summed E-state index contributed by atoms with van der Waals surface area (Å²) in [7, 11) is 0. The Kier molecular flexibility index (Phi) is 5.58. The van der Waals surface area contributed by atoms with Crippen LogP contribution in [0.15, 0.2) is 42.6 Å². The van der Waals surface area contributed by atoms with Crippen LogP contribution in [0, 0.1) is 0 Å². The fourth-order valence-corrected chi connectivity index (χ4v) is 4.90. The Hall–Kier alpha value is -3.35. The molecule has 1 aliphatic heterocycles. The molecule has 0 radical (unpaired) electrons. The van der Waals surface area contributed by atoms with Crippen LogP contribution in [0.4, 0.5) is 4.79 Å². The first kappa shape index (κ1) is 22.4. The minimum absolute atomic E-state index is 0.0758. The zero-order valence-corrected chi connectivity index (χ0v) is 20.2. The lowest BCUT2D eigenvalue weighted by Gasteiger charge is -2.41. The molecular weight excluding hydrogens is 428 g/mol. The number of hydrogen-bond donors (Lipinski definition) is 2. The number of ether oxygens (including phenoxy) is 1. The minimum atomic E-state index is -0.607. The smallest absolute Gasteiger partial charge is 0.411 e. The molecular formula is C27H32N4O3. The van der Waals surface area contributed by atoms with Gasteiger partial charge in [0.25, 0.3) is 5.91 Å². The van der Waals surface area contributed by atoms with E-state index in [0.29, 0.717) is 5.69 Å². The van der Waals surface area contributed by atoms with E-state index in [1.54, 1.807) is 17.2 Å². The zero-order chi connectivity index (χ0) is 24.0. The van der Waals surface area contributed by atoms with Gasteiger partial charge in [0.15, 0.2) is 0 Å². The van der Waals surface area contributed by atoms with Crippen molar-refractivity contribution in [3.05, 3.63) is 65.1 Å². The summed E-state index contributed by atoms with van der Waals surface area (Å²) < 4.78 is 5.80. The quantitative estimate of drug-likeness (QED) is 0.568. The summed E-state index contributed by atoms with van der Waals surface area (Å²) in [5.74, 6) is -0.149. The third-order valence-electron chi connectivity index (χ3n) is 6.75. The van der Waals surface area contributed by atoms with E-state index >= 15 is 0 Å². The number of carbonyl (C=O) groups excluding carboxylic acids is 2. The highest BCUT2D eigenvalue weighted by molar-refractivity contribution is 5.92. The van der Waals surface area contributed by atoms with Crippen LogP contribution in [0.1, 0.15) is 80.3 Å². The Morgan fingerprint density at radius 3 is 2.56 bits per heavy atom. The number of pyridine rings is 1. The van der Waals surface area contributed by atoms with Gasteiger partial charge in [-0.15, -0.1) is 0 Å². The van der Waals surface area contributed by atoms with Crippen molar-refractivity contribution in [3.63, 3.8) is 0 Å². The summed E-state index contributed by atoms with van der Waals surface area (Å²) in [5, 5.41) is 4.20. The van der Waals surface area contributed by atoms with Gasteiger partial charge < -0.3 is 15.0 Å². The number of H-pyrrole nitrogens is 1. The van der Waals surface area contributed by atoms with Crippen molar-refractivity contribution in [1.82, 2.24) is 20.2 Å². The Morgan fingerprint density at radius 2 is 1.91 bits per heavy atom. The molecule has 7 nitrogen and oxygen atoms in total. The number of benzene rings is 1. The molecule has 178 valence electrons. The molecule has 2 atom stereocenters. The molecule has 1 saturated carbocycles. The number of carbonyl (C=O) groups is 2. The molecule has 7 heteroatoms. The zero-order valence-electron chi connectivity index (χ0n) is 20.2. The molecule has 1 aliphatic carbocycles. The predicted molar refractivity (Wildman–Crippen MR) is 131 cm³/mol. The van der Waals surface area contributed by atoms with Crippen molar-refractivity contribution < 1.29 is 14.3 Å². The molecule has 0 unspecified atom stereocenters. The van der Waals surface area contributed by atoms with E-state index in [-0.39, 0.29) is 24.1 Å². The van der Waals surface area contributed by atoms with Crippen molar-refractivity contribution in [2.75, 3.05) is 0 Å². The molecule has 2 N–H and O–H groups in total. The molecule has 3 aromatic rings. The number of hydrogen-bond acceptors (Lipinski definition) is 4. The average molecular weight is 461 g/mol. The molecule has 2 amide bonds. The van der Waals surface area contributed by atoms with Crippen LogP contribution >= 0.6 is 0 Å². The molecule has 1 fully saturated rings. The number of para-hydroxylation sites is 1. The molecule has 0 bridgehead atoms. The fraction of sp³-hybridized carbons (Fsp3) is 0.444. The summed E-state index contributed by atoms with van der Waals surface area (Å²) >= 11 is 0. The highest BCUT2D eigenvalue weighted by Crippen LogP contribution is 2.41. The first-order valence-corrected chi connectivity index (χ1v) is 12.1. The second-order valence-electron chi connectivity index (χ2n) is 10.5. The van der Waals surface area contributed by atoms with E-state index in [2.05, 4.69) is 34.3 Å². The number of aromatic nitrogens is 2. The highest BCUT2D eigenvalue weighted by Gasteiger charge is 2.40. The summed E-state index contributed by atoms with van der Waals surface area (Å²) in [4.78, 5) is 35.8. The number of nitrogens with zero attached hydrogens (tertiary/aromatic N) is 2. The Balaban J connectivity index is 1.54. The molecule has 0 saturated heterocycles. The predicted octanol–water partition coefficient (Wildman–Crippen LogP) is 5.12. The SMILES string of the molecule is C[C@H]1Cc2c([nH]c3ccccc23)[C@H](c2ccc(C(=O)NC3CCC3)nc2)N1C(=O)OC(C)(C)C. The maximum Gasteiger partial charge on any atom is 0.411 e. The van der Waals surface area contributed by atoms with Crippen molar-refractivity contribution in [2.45, 2.75) is 77.1 Å². The number of nitrogens with one attached hydrogen (secondary N) is 2. The minimum Gasteiger partial charge on any atom is -0.444 e. The van der Waals surface area contributed by atoms with E-state index in [9.17, 15) is 9.59 Å². The fourth-order valence-electron chi connectivity index (χ4n) is 4.90. The van der Waals surface area contributed by atoms with Crippen molar-refractivity contribution in [1.29, 1.82) is 0 Å². The molecule has 2 aromatic heterocycles. The van der Waals surface area contributed by atoms with E-state index in [4.69, 9.17) is 4.74 Å². The first-order chi connectivity index (χ1) is 16.2. The van der Waals surface area contributed by atoms with Gasteiger partial charge in [-0.1, -0.05) is 24.3 Å². The second kappa shape index (κ2) is 8.46. The van der Waals surface area contributed by atoms with Gasteiger partial charge in [-0.05, 0) is 76.6 Å². The summed E-state index contributed by atoms with van der Waals surface area (Å²) in [6.45, 7) is 7.68. The average Bonchev–Trinajstić information content (AvgIpc) is 3.12. The second-order valence-corrected chi connectivity index (χ2v) is 10.5. The van der Waals surface area contributed by atoms with Crippen molar-refractivity contribution in [2.24, 2.45) is 0 Å². The summed E-state index contributed by atoms with van der Waals surface area (Å²) in [5.41, 5.74) is 3.84. The molecule has 2 aliphatic rings. The monoisotopic (exact) mass is 460 g/mol. The summed E-state index contributed by atoms with van der Waals surface area (Å²) in [6.07, 6.45) is 5.29. The normalized spacial score (nSPS) is 20.5. The topological polar surface area (TPSA) is 87.3 Å². The van der Waals surface area contributed by atoms with Crippen LogP contribution in [0.3, 0.4) is 0 Å². The molecule has 34 heavy (non-hydrogen) atoms. The molecule has 0 spiro atoms. The lowest BCUT2D eigenvalue weighted by molar-refractivity contribution is 0.00775. The Morgan fingerprint density at radius 1 is 1.15 bits per heavy atom. The van der Waals surface area contributed by atoms with Crippen LogP contribution in [-0.2, 0) is 11.2 Å². The van der Waals surface area contributed by atoms with Crippen molar-refractivity contribution in [3.8, 4) is 0 Å². The summed E-state index contributed by atoms with van der Waals surface area (Å²) in [6, 6.07) is 11.6. The van der Waals surface area contributed by atoms with Crippen LogP contribution in [0.25, 0.3) is 10.9 Å². The number of fused-ring (bicyclic) bond motifs is 3.